The van der Waals surface area contributed by atoms with Gasteiger partial charge in [0, 0.05) is 23.9 Å². The lowest BCUT2D eigenvalue weighted by Gasteiger charge is -2.16. The first-order valence-corrected chi connectivity index (χ1v) is 10.8. The van der Waals surface area contributed by atoms with Gasteiger partial charge in [-0.25, -0.2) is 18.5 Å². The third kappa shape index (κ3) is 3.23. The molecule has 0 aliphatic heterocycles. The Morgan fingerprint density at radius 1 is 1.19 bits per heavy atom. The zero-order valence-electron chi connectivity index (χ0n) is 15.3. The summed E-state index contributed by atoms with van der Waals surface area (Å²) in [7, 11) is -3.60. The third-order valence-corrected chi connectivity index (χ3v) is 6.69. The monoisotopic (exact) mass is 388 g/mol. The van der Waals surface area contributed by atoms with Crippen molar-refractivity contribution in [3.63, 3.8) is 0 Å². The van der Waals surface area contributed by atoms with E-state index < -0.39 is 15.9 Å². The van der Waals surface area contributed by atoms with Crippen LogP contribution in [0, 0.1) is 11.7 Å². The molecule has 1 heterocycles. The molecule has 2 aliphatic carbocycles. The van der Waals surface area contributed by atoms with Crippen LogP contribution in [0.5, 0.6) is 0 Å². The number of hydrogen-bond donors (Lipinski definition) is 4. The molecule has 0 fully saturated rings. The molecule has 2 amide bonds. The predicted octanol–water partition coefficient (Wildman–Crippen LogP) is 3.17. The molecule has 1 aromatic heterocycles. The van der Waals surface area contributed by atoms with Crippen molar-refractivity contribution in [1.82, 2.24) is 4.72 Å². The number of carbonyl (C=O) groups is 1. The second kappa shape index (κ2) is 6.69. The Bertz CT molecular complexity index is 992. The SMILES string of the molecule is Cc1oc(S(=N)(=O)NC(=O)Nc2c3c(cc4c2CCC4)CCC3)cc1CN. The molecule has 27 heavy (non-hydrogen) atoms. The lowest BCUT2D eigenvalue weighted by atomic mass is 9.99. The van der Waals surface area contributed by atoms with Gasteiger partial charge in [0.15, 0.2) is 9.92 Å². The van der Waals surface area contributed by atoms with E-state index in [1.54, 1.807) is 6.92 Å². The van der Waals surface area contributed by atoms with Gasteiger partial charge in [0.1, 0.15) is 5.76 Å². The summed E-state index contributed by atoms with van der Waals surface area (Å²) < 4.78 is 28.4. The standard InChI is InChI=1S/C19H24N4O3S/c1-11-14(10-20)9-17(26-11)27(21,25)23-19(24)22-18-15-6-2-4-12(15)8-13-5-3-7-16(13)18/h8-9H,2-7,10,20H2,1H3,(H3,21,22,23,24,25). The van der Waals surface area contributed by atoms with E-state index in [1.807, 2.05) is 0 Å². The van der Waals surface area contributed by atoms with Crippen molar-refractivity contribution in [3.8, 4) is 0 Å². The van der Waals surface area contributed by atoms with E-state index in [1.165, 1.54) is 28.3 Å². The summed E-state index contributed by atoms with van der Waals surface area (Å²) in [4.78, 5) is 12.6. The van der Waals surface area contributed by atoms with Crippen molar-refractivity contribution in [3.05, 3.63) is 45.7 Å². The highest BCUT2D eigenvalue weighted by Gasteiger charge is 2.26. The van der Waals surface area contributed by atoms with Gasteiger partial charge in [-0.15, -0.1) is 0 Å². The average Bonchev–Trinajstić information content (AvgIpc) is 3.32. The number of nitrogens with two attached hydrogens (primary N) is 1. The van der Waals surface area contributed by atoms with E-state index in [0.29, 0.717) is 11.3 Å². The van der Waals surface area contributed by atoms with Crippen LogP contribution in [0.1, 0.15) is 46.4 Å². The Morgan fingerprint density at radius 3 is 2.37 bits per heavy atom. The largest absolute Gasteiger partial charge is 0.449 e. The third-order valence-electron chi connectivity index (χ3n) is 5.45. The van der Waals surface area contributed by atoms with Crippen molar-refractivity contribution in [2.45, 2.75) is 57.1 Å². The minimum Gasteiger partial charge on any atom is -0.449 e. The number of amides is 2. The number of fused-ring (bicyclic) bond motifs is 2. The molecule has 1 atom stereocenters. The van der Waals surface area contributed by atoms with Gasteiger partial charge in [0.05, 0.1) is 0 Å². The van der Waals surface area contributed by atoms with E-state index >= 15 is 0 Å². The highest BCUT2D eigenvalue weighted by Crippen LogP contribution is 2.38. The normalized spacial score (nSPS) is 17.3. The maximum Gasteiger partial charge on any atom is 0.332 e. The van der Waals surface area contributed by atoms with Crippen LogP contribution in [0.25, 0.3) is 0 Å². The molecule has 5 N–H and O–H groups in total. The van der Waals surface area contributed by atoms with Crippen LogP contribution < -0.4 is 15.8 Å². The highest BCUT2D eigenvalue weighted by molar-refractivity contribution is 7.91. The molecule has 1 unspecified atom stereocenters. The number of carbonyl (C=O) groups excluding carboxylic acids is 1. The van der Waals surface area contributed by atoms with E-state index in [4.69, 9.17) is 14.9 Å². The molecule has 144 valence electrons. The first-order valence-electron chi connectivity index (χ1n) is 9.22. The van der Waals surface area contributed by atoms with Crippen LogP contribution in [-0.4, -0.2) is 10.2 Å². The Hall–Kier alpha value is -2.32. The van der Waals surface area contributed by atoms with E-state index in [0.717, 1.165) is 44.2 Å². The zero-order valence-corrected chi connectivity index (χ0v) is 16.1. The van der Waals surface area contributed by atoms with Crippen molar-refractivity contribution in [1.29, 1.82) is 4.78 Å². The quantitative estimate of drug-likeness (QED) is 0.643. The van der Waals surface area contributed by atoms with Crippen molar-refractivity contribution >= 4 is 21.6 Å². The Labute approximate surface area is 158 Å². The van der Waals surface area contributed by atoms with Gasteiger partial charge in [-0.05, 0) is 67.7 Å². The van der Waals surface area contributed by atoms with Crippen LogP contribution in [-0.2, 0) is 42.1 Å². The molecule has 2 aromatic rings. The molecule has 0 spiro atoms. The van der Waals surface area contributed by atoms with Crippen LogP contribution in [0.15, 0.2) is 21.6 Å². The van der Waals surface area contributed by atoms with Crippen molar-refractivity contribution < 1.29 is 13.4 Å². The summed E-state index contributed by atoms with van der Waals surface area (Å²) in [6.07, 6.45) is 6.09. The van der Waals surface area contributed by atoms with Crippen LogP contribution >= 0.6 is 0 Å². The second-order valence-corrected chi connectivity index (χ2v) is 8.92. The fourth-order valence-corrected chi connectivity index (χ4v) is 5.08. The van der Waals surface area contributed by atoms with E-state index in [2.05, 4.69) is 16.1 Å². The summed E-state index contributed by atoms with van der Waals surface area (Å²) in [5.74, 6) is 0.508. The van der Waals surface area contributed by atoms with Gasteiger partial charge in [-0.2, -0.15) is 0 Å². The van der Waals surface area contributed by atoms with Crippen molar-refractivity contribution in [2.24, 2.45) is 5.73 Å². The average molecular weight is 388 g/mol. The number of anilines is 1. The first kappa shape index (κ1) is 18.1. The molecule has 4 rings (SSSR count). The second-order valence-electron chi connectivity index (χ2n) is 7.20. The van der Waals surface area contributed by atoms with Gasteiger partial charge in [0.2, 0.25) is 5.09 Å². The highest BCUT2D eigenvalue weighted by atomic mass is 32.2. The first-order chi connectivity index (χ1) is 12.9. The van der Waals surface area contributed by atoms with Gasteiger partial charge < -0.3 is 15.5 Å². The molecule has 7 nitrogen and oxygen atoms in total. The number of rotatable bonds is 4. The predicted molar refractivity (Wildman–Crippen MR) is 103 cm³/mol. The smallest absolute Gasteiger partial charge is 0.332 e. The maximum atomic E-state index is 12.7. The summed E-state index contributed by atoms with van der Waals surface area (Å²) in [5, 5.41) is 2.80. The number of urea groups is 1. The van der Waals surface area contributed by atoms with E-state index in [-0.39, 0.29) is 11.6 Å². The number of furan rings is 1. The number of nitrogens with one attached hydrogen (secondary N) is 3. The van der Waals surface area contributed by atoms with Gasteiger partial charge in [-0.1, -0.05) is 6.07 Å². The summed E-state index contributed by atoms with van der Waals surface area (Å²) in [5.41, 5.74) is 12.1. The van der Waals surface area contributed by atoms with Gasteiger partial charge in [-0.3, -0.25) is 0 Å². The molecular formula is C19H24N4O3S. The summed E-state index contributed by atoms with van der Waals surface area (Å²) in [6.45, 7) is 1.91. The topological polar surface area (TPSA) is 121 Å². The fourth-order valence-electron chi connectivity index (χ4n) is 4.12. The van der Waals surface area contributed by atoms with Crippen LogP contribution in [0.3, 0.4) is 0 Å². The van der Waals surface area contributed by atoms with Gasteiger partial charge >= 0.3 is 6.03 Å². The minimum atomic E-state index is -3.60. The molecule has 1 aromatic carbocycles. The number of benzene rings is 1. The summed E-state index contributed by atoms with van der Waals surface area (Å²) >= 11 is 0. The Kier molecular flexibility index (Phi) is 4.47. The number of aryl methyl sites for hydroxylation is 3. The lowest BCUT2D eigenvalue weighted by Crippen LogP contribution is -2.34. The molecule has 0 saturated heterocycles. The van der Waals surface area contributed by atoms with Crippen molar-refractivity contribution in [2.75, 3.05) is 5.32 Å². The molecule has 0 saturated carbocycles. The molecule has 8 heteroatoms. The Morgan fingerprint density at radius 2 is 1.81 bits per heavy atom. The number of hydrogen-bond acceptors (Lipinski definition) is 5. The molecule has 2 aliphatic rings. The molecular weight excluding hydrogens is 364 g/mol. The zero-order chi connectivity index (χ0) is 19.2. The van der Waals surface area contributed by atoms with E-state index in [9.17, 15) is 9.00 Å². The molecule has 0 bridgehead atoms. The van der Waals surface area contributed by atoms with Crippen LogP contribution in [0.2, 0.25) is 0 Å². The lowest BCUT2D eigenvalue weighted by molar-refractivity contribution is 0.256. The maximum absolute atomic E-state index is 12.7. The van der Waals surface area contributed by atoms with Gasteiger partial charge in [0.25, 0.3) is 0 Å². The Balaban J connectivity index is 1.58. The summed E-state index contributed by atoms with van der Waals surface area (Å²) in [6, 6.07) is 3.11. The van der Waals surface area contributed by atoms with Crippen LogP contribution in [0.4, 0.5) is 10.5 Å². The fraction of sp³-hybridized carbons (Fsp3) is 0.421. The minimum absolute atomic E-state index is 0.0841. The molecule has 0 radical (unpaired) electrons.